The van der Waals surface area contributed by atoms with Crippen molar-refractivity contribution in [2.45, 2.75) is 6.92 Å². The number of amides is 1. The van der Waals surface area contributed by atoms with Crippen LogP contribution in [0.4, 0.5) is 11.4 Å². The number of nitrogens with one attached hydrogen (secondary N) is 1. The van der Waals surface area contributed by atoms with Gasteiger partial charge in [0.25, 0.3) is 5.91 Å². The van der Waals surface area contributed by atoms with Crippen molar-refractivity contribution in [2.24, 2.45) is 0 Å². The minimum Gasteiger partial charge on any atom is -0.457 e. The Balaban J connectivity index is 2.28. The number of aryl methyl sites for hydroxylation is 1. The predicted molar refractivity (Wildman–Crippen MR) is 70.0 cm³/mol. The number of halogens is 1. The molecule has 1 amide bonds. The SMILES string of the molecule is Cc1cccc(N)c1NC(=O)c1ccoc1Br. The van der Waals surface area contributed by atoms with Crippen molar-refractivity contribution >= 4 is 33.2 Å². The van der Waals surface area contributed by atoms with E-state index in [2.05, 4.69) is 21.2 Å². The van der Waals surface area contributed by atoms with Crippen LogP contribution in [-0.4, -0.2) is 5.91 Å². The van der Waals surface area contributed by atoms with Gasteiger partial charge in [-0.25, -0.2) is 0 Å². The number of furan rings is 1. The average Bonchev–Trinajstić information content (AvgIpc) is 2.70. The predicted octanol–water partition coefficient (Wildman–Crippen LogP) is 3.19. The molecule has 88 valence electrons. The fourth-order valence-electron chi connectivity index (χ4n) is 1.50. The zero-order valence-corrected chi connectivity index (χ0v) is 10.7. The van der Waals surface area contributed by atoms with E-state index in [1.807, 2.05) is 19.1 Å². The maximum absolute atomic E-state index is 11.9. The molecule has 0 saturated heterocycles. The highest BCUT2D eigenvalue weighted by molar-refractivity contribution is 9.10. The molecule has 1 heterocycles. The molecule has 17 heavy (non-hydrogen) atoms. The molecule has 2 rings (SSSR count). The van der Waals surface area contributed by atoms with Gasteiger partial charge in [-0.05, 0) is 40.5 Å². The van der Waals surface area contributed by atoms with Crippen LogP contribution in [0.1, 0.15) is 15.9 Å². The van der Waals surface area contributed by atoms with Crippen LogP contribution in [0.15, 0.2) is 39.6 Å². The quantitative estimate of drug-likeness (QED) is 0.836. The zero-order chi connectivity index (χ0) is 12.4. The lowest BCUT2D eigenvalue weighted by molar-refractivity contribution is 0.102. The second-order valence-electron chi connectivity index (χ2n) is 3.60. The standard InChI is InChI=1S/C12H11BrN2O2/c1-7-3-2-4-9(14)10(7)15-12(16)8-5-6-17-11(8)13/h2-6H,14H2,1H3,(H,15,16). The molecule has 0 aliphatic rings. The molecule has 0 aliphatic carbocycles. The zero-order valence-electron chi connectivity index (χ0n) is 9.16. The third kappa shape index (κ3) is 2.34. The van der Waals surface area contributed by atoms with Crippen molar-refractivity contribution < 1.29 is 9.21 Å². The molecule has 0 saturated carbocycles. The van der Waals surface area contributed by atoms with Crippen LogP contribution in [-0.2, 0) is 0 Å². The summed E-state index contributed by atoms with van der Waals surface area (Å²) in [6.07, 6.45) is 1.44. The van der Waals surface area contributed by atoms with E-state index < -0.39 is 0 Å². The van der Waals surface area contributed by atoms with E-state index in [-0.39, 0.29) is 5.91 Å². The normalized spacial score (nSPS) is 10.2. The average molecular weight is 295 g/mol. The first-order valence-electron chi connectivity index (χ1n) is 4.99. The second kappa shape index (κ2) is 4.63. The van der Waals surface area contributed by atoms with Crippen molar-refractivity contribution in [3.8, 4) is 0 Å². The summed E-state index contributed by atoms with van der Waals surface area (Å²) in [6.45, 7) is 1.89. The molecule has 1 aromatic carbocycles. The van der Waals surface area contributed by atoms with Crippen LogP contribution in [0.3, 0.4) is 0 Å². The first-order valence-corrected chi connectivity index (χ1v) is 5.78. The van der Waals surface area contributed by atoms with Crippen molar-refractivity contribution in [1.82, 2.24) is 0 Å². The first-order chi connectivity index (χ1) is 8.09. The van der Waals surface area contributed by atoms with E-state index in [0.29, 0.717) is 21.6 Å². The van der Waals surface area contributed by atoms with Gasteiger partial charge in [0.2, 0.25) is 0 Å². The molecule has 0 bridgehead atoms. The van der Waals surface area contributed by atoms with Crippen molar-refractivity contribution in [3.05, 3.63) is 46.3 Å². The lowest BCUT2D eigenvalue weighted by atomic mass is 10.1. The van der Waals surface area contributed by atoms with Gasteiger partial charge in [-0.3, -0.25) is 4.79 Å². The first kappa shape index (κ1) is 11.7. The summed E-state index contributed by atoms with van der Waals surface area (Å²) >= 11 is 3.16. The number of nitrogens with two attached hydrogens (primary N) is 1. The summed E-state index contributed by atoms with van der Waals surface area (Å²) in [5.74, 6) is -0.258. The van der Waals surface area contributed by atoms with Gasteiger partial charge in [-0.15, -0.1) is 0 Å². The molecule has 0 radical (unpaired) electrons. The number of carbonyl (C=O) groups is 1. The van der Waals surface area contributed by atoms with Crippen LogP contribution >= 0.6 is 15.9 Å². The Kier molecular flexibility index (Phi) is 3.19. The lowest BCUT2D eigenvalue weighted by Gasteiger charge is -2.10. The van der Waals surface area contributed by atoms with E-state index in [4.69, 9.17) is 10.2 Å². The van der Waals surface area contributed by atoms with Crippen LogP contribution in [0, 0.1) is 6.92 Å². The summed E-state index contributed by atoms with van der Waals surface area (Å²) < 4.78 is 5.41. The number of anilines is 2. The van der Waals surface area contributed by atoms with E-state index in [0.717, 1.165) is 5.56 Å². The minimum atomic E-state index is -0.258. The van der Waals surface area contributed by atoms with E-state index in [1.165, 1.54) is 6.26 Å². The molecule has 1 aromatic heterocycles. The van der Waals surface area contributed by atoms with Crippen molar-refractivity contribution in [2.75, 3.05) is 11.1 Å². The smallest absolute Gasteiger partial charge is 0.260 e. The molecule has 4 nitrogen and oxygen atoms in total. The molecular weight excluding hydrogens is 284 g/mol. The van der Waals surface area contributed by atoms with Gasteiger partial charge in [-0.2, -0.15) is 0 Å². The van der Waals surface area contributed by atoms with Gasteiger partial charge in [0.05, 0.1) is 23.2 Å². The van der Waals surface area contributed by atoms with Crippen LogP contribution in [0.25, 0.3) is 0 Å². The summed E-state index contributed by atoms with van der Waals surface area (Å²) in [5, 5.41) is 2.77. The Bertz CT molecular complexity index is 543. The Morgan fingerprint density at radius 2 is 2.18 bits per heavy atom. The van der Waals surface area contributed by atoms with Crippen molar-refractivity contribution in [1.29, 1.82) is 0 Å². The third-order valence-corrected chi connectivity index (χ3v) is 3.02. The summed E-state index contributed by atoms with van der Waals surface area (Å²) in [4.78, 5) is 11.9. The van der Waals surface area contributed by atoms with Crippen LogP contribution in [0.2, 0.25) is 0 Å². The van der Waals surface area contributed by atoms with Gasteiger partial charge < -0.3 is 15.5 Å². The van der Waals surface area contributed by atoms with Gasteiger partial charge in [0, 0.05) is 0 Å². The van der Waals surface area contributed by atoms with E-state index in [1.54, 1.807) is 12.1 Å². The highest BCUT2D eigenvalue weighted by Crippen LogP contribution is 2.25. The Morgan fingerprint density at radius 3 is 2.76 bits per heavy atom. The highest BCUT2D eigenvalue weighted by atomic mass is 79.9. The maximum Gasteiger partial charge on any atom is 0.260 e. The number of hydrogen-bond donors (Lipinski definition) is 2. The fourth-order valence-corrected chi connectivity index (χ4v) is 1.92. The molecule has 0 spiro atoms. The molecule has 0 unspecified atom stereocenters. The number of hydrogen-bond acceptors (Lipinski definition) is 3. The monoisotopic (exact) mass is 294 g/mol. The van der Waals surface area contributed by atoms with Gasteiger partial charge >= 0.3 is 0 Å². The molecule has 0 atom stereocenters. The molecule has 5 heteroatoms. The number of rotatable bonds is 2. The summed E-state index contributed by atoms with van der Waals surface area (Å²) in [6, 6.07) is 7.06. The van der Waals surface area contributed by atoms with Crippen LogP contribution in [0.5, 0.6) is 0 Å². The van der Waals surface area contributed by atoms with Crippen LogP contribution < -0.4 is 11.1 Å². The number of para-hydroxylation sites is 1. The second-order valence-corrected chi connectivity index (χ2v) is 4.32. The van der Waals surface area contributed by atoms with Gasteiger partial charge in [0.1, 0.15) is 0 Å². The molecule has 0 fully saturated rings. The maximum atomic E-state index is 11.9. The lowest BCUT2D eigenvalue weighted by Crippen LogP contribution is -2.13. The number of carbonyl (C=O) groups excluding carboxylic acids is 1. The van der Waals surface area contributed by atoms with Crippen molar-refractivity contribution in [3.63, 3.8) is 0 Å². The summed E-state index contributed by atoms with van der Waals surface area (Å²) in [7, 11) is 0. The van der Waals surface area contributed by atoms with Gasteiger partial charge in [-0.1, -0.05) is 12.1 Å². The Labute approximate surface area is 107 Å². The summed E-state index contributed by atoms with van der Waals surface area (Å²) in [5.41, 5.74) is 8.33. The highest BCUT2D eigenvalue weighted by Gasteiger charge is 2.14. The topological polar surface area (TPSA) is 68.3 Å². The van der Waals surface area contributed by atoms with E-state index in [9.17, 15) is 4.79 Å². The Morgan fingerprint density at radius 1 is 1.41 bits per heavy atom. The molecule has 2 aromatic rings. The van der Waals surface area contributed by atoms with Gasteiger partial charge in [0.15, 0.2) is 4.67 Å². The largest absolute Gasteiger partial charge is 0.457 e. The fraction of sp³-hybridized carbons (Fsp3) is 0.0833. The minimum absolute atomic E-state index is 0.258. The molecule has 0 aliphatic heterocycles. The third-order valence-electron chi connectivity index (χ3n) is 2.41. The number of nitrogen functional groups attached to an aromatic ring is 1. The Hall–Kier alpha value is -1.75. The molecule has 3 N–H and O–H groups in total. The molecular formula is C12H11BrN2O2. The van der Waals surface area contributed by atoms with E-state index >= 15 is 0 Å². The number of benzene rings is 1.